The van der Waals surface area contributed by atoms with Gasteiger partial charge in [0.1, 0.15) is 5.82 Å². The molecule has 0 saturated heterocycles. The Bertz CT molecular complexity index is 569. The van der Waals surface area contributed by atoms with Crippen LogP contribution in [0.4, 0.5) is 4.39 Å². The Labute approximate surface area is 109 Å². The van der Waals surface area contributed by atoms with Gasteiger partial charge in [-0.25, -0.2) is 4.39 Å². The number of nitrogens with zero attached hydrogens (tertiary/aromatic N) is 2. The zero-order valence-electron chi connectivity index (χ0n) is 10.5. The summed E-state index contributed by atoms with van der Waals surface area (Å²) in [7, 11) is 0. The van der Waals surface area contributed by atoms with Crippen LogP contribution in [0.5, 0.6) is 0 Å². The third kappa shape index (κ3) is 3.37. The van der Waals surface area contributed by atoms with Gasteiger partial charge in [0.15, 0.2) is 0 Å². The minimum absolute atomic E-state index is 0.0758. The van der Waals surface area contributed by atoms with Gasteiger partial charge in [-0.3, -0.25) is 4.79 Å². The van der Waals surface area contributed by atoms with E-state index < -0.39 is 5.82 Å². The standard InChI is InChI=1S/C13H14FN3O2/c1-2-15-11(18)7-8-12-16-13(17-19-12)9-5-3-4-6-10(9)14/h3-6H,2,7-8H2,1H3,(H,15,18). The predicted octanol–water partition coefficient (Wildman–Crippen LogP) is 1.94. The summed E-state index contributed by atoms with van der Waals surface area (Å²) in [6.07, 6.45) is 0.611. The largest absolute Gasteiger partial charge is 0.356 e. The lowest BCUT2D eigenvalue weighted by Gasteiger charge is -1.98. The first kappa shape index (κ1) is 13.2. The number of rotatable bonds is 5. The first-order chi connectivity index (χ1) is 9.20. The summed E-state index contributed by atoms with van der Waals surface area (Å²) in [6, 6.07) is 6.20. The Hall–Kier alpha value is -2.24. The van der Waals surface area contributed by atoms with E-state index in [1.807, 2.05) is 6.92 Å². The molecule has 0 bridgehead atoms. The average molecular weight is 263 g/mol. The van der Waals surface area contributed by atoms with E-state index in [2.05, 4.69) is 15.5 Å². The average Bonchev–Trinajstić information content (AvgIpc) is 2.86. The molecule has 0 fully saturated rings. The predicted molar refractivity (Wildman–Crippen MR) is 66.7 cm³/mol. The Morgan fingerprint density at radius 1 is 1.42 bits per heavy atom. The highest BCUT2D eigenvalue weighted by atomic mass is 19.1. The number of aryl methyl sites for hydroxylation is 1. The molecule has 2 aromatic rings. The first-order valence-electron chi connectivity index (χ1n) is 6.05. The van der Waals surface area contributed by atoms with Gasteiger partial charge in [-0.05, 0) is 19.1 Å². The van der Waals surface area contributed by atoms with Crippen molar-refractivity contribution in [2.75, 3.05) is 6.54 Å². The van der Waals surface area contributed by atoms with Crippen LogP contribution in [-0.4, -0.2) is 22.6 Å². The number of benzene rings is 1. The summed E-state index contributed by atoms with van der Waals surface area (Å²) in [5.74, 6) is 0.0419. The first-order valence-corrected chi connectivity index (χ1v) is 6.05. The highest BCUT2D eigenvalue weighted by Gasteiger charge is 2.13. The van der Waals surface area contributed by atoms with Gasteiger partial charge >= 0.3 is 0 Å². The monoisotopic (exact) mass is 263 g/mol. The molecule has 100 valence electrons. The van der Waals surface area contributed by atoms with E-state index in [1.54, 1.807) is 18.2 Å². The Balaban J connectivity index is 2.04. The normalized spacial score (nSPS) is 10.4. The molecule has 6 heteroatoms. The fraction of sp³-hybridized carbons (Fsp3) is 0.308. The lowest BCUT2D eigenvalue weighted by atomic mass is 10.2. The van der Waals surface area contributed by atoms with Crippen molar-refractivity contribution < 1.29 is 13.7 Å². The number of carbonyl (C=O) groups excluding carboxylic acids is 1. The van der Waals surface area contributed by atoms with Gasteiger partial charge in [0.05, 0.1) is 5.56 Å². The van der Waals surface area contributed by atoms with E-state index in [-0.39, 0.29) is 23.7 Å². The molecule has 0 aliphatic rings. The van der Waals surface area contributed by atoms with Crippen molar-refractivity contribution in [3.8, 4) is 11.4 Å². The summed E-state index contributed by atoms with van der Waals surface area (Å²) < 4.78 is 18.5. The van der Waals surface area contributed by atoms with Crippen molar-refractivity contribution >= 4 is 5.91 Å². The lowest BCUT2D eigenvalue weighted by Crippen LogP contribution is -2.22. The zero-order valence-corrected chi connectivity index (χ0v) is 10.5. The van der Waals surface area contributed by atoms with Crippen LogP contribution in [0.1, 0.15) is 19.2 Å². The van der Waals surface area contributed by atoms with Crippen LogP contribution in [-0.2, 0) is 11.2 Å². The second-order valence-corrected chi connectivity index (χ2v) is 3.95. The van der Waals surface area contributed by atoms with Crippen molar-refractivity contribution in [1.82, 2.24) is 15.5 Å². The number of halogens is 1. The van der Waals surface area contributed by atoms with E-state index in [0.717, 1.165) is 0 Å². The van der Waals surface area contributed by atoms with Gasteiger partial charge in [-0.15, -0.1) is 0 Å². The van der Waals surface area contributed by atoms with Crippen LogP contribution in [0.25, 0.3) is 11.4 Å². The maximum Gasteiger partial charge on any atom is 0.227 e. The van der Waals surface area contributed by atoms with Crippen molar-refractivity contribution in [3.05, 3.63) is 36.0 Å². The molecule has 0 saturated carbocycles. The quantitative estimate of drug-likeness (QED) is 0.895. The molecule has 19 heavy (non-hydrogen) atoms. The number of nitrogens with one attached hydrogen (secondary N) is 1. The van der Waals surface area contributed by atoms with Gasteiger partial charge in [0.25, 0.3) is 0 Å². The minimum Gasteiger partial charge on any atom is -0.356 e. The highest BCUT2D eigenvalue weighted by Crippen LogP contribution is 2.19. The van der Waals surface area contributed by atoms with Crippen molar-refractivity contribution in [2.45, 2.75) is 19.8 Å². The fourth-order valence-corrected chi connectivity index (χ4v) is 1.61. The number of aromatic nitrogens is 2. The van der Waals surface area contributed by atoms with Crippen molar-refractivity contribution in [3.63, 3.8) is 0 Å². The SMILES string of the molecule is CCNC(=O)CCc1nc(-c2ccccc2F)no1. The highest BCUT2D eigenvalue weighted by molar-refractivity contribution is 5.75. The van der Waals surface area contributed by atoms with E-state index in [9.17, 15) is 9.18 Å². The Kier molecular flexibility index (Phi) is 4.22. The van der Waals surface area contributed by atoms with Gasteiger partial charge in [0.2, 0.25) is 17.6 Å². The molecule has 1 heterocycles. The van der Waals surface area contributed by atoms with Gasteiger partial charge in [0, 0.05) is 19.4 Å². The Morgan fingerprint density at radius 3 is 2.95 bits per heavy atom. The van der Waals surface area contributed by atoms with Crippen LogP contribution in [0.2, 0.25) is 0 Å². The van der Waals surface area contributed by atoms with Crippen molar-refractivity contribution in [1.29, 1.82) is 0 Å². The molecule has 0 spiro atoms. The third-order valence-corrected chi connectivity index (χ3v) is 2.52. The summed E-state index contributed by atoms with van der Waals surface area (Å²) in [5.41, 5.74) is 0.288. The van der Waals surface area contributed by atoms with Crippen molar-refractivity contribution in [2.24, 2.45) is 0 Å². The fourth-order valence-electron chi connectivity index (χ4n) is 1.61. The molecular formula is C13H14FN3O2. The molecule has 5 nitrogen and oxygen atoms in total. The molecule has 0 unspecified atom stereocenters. The van der Waals surface area contributed by atoms with Crippen LogP contribution in [0.3, 0.4) is 0 Å². The molecule has 1 aromatic heterocycles. The second-order valence-electron chi connectivity index (χ2n) is 3.95. The molecular weight excluding hydrogens is 249 g/mol. The maximum atomic E-state index is 13.5. The Morgan fingerprint density at radius 2 is 2.21 bits per heavy atom. The maximum absolute atomic E-state index is 13.5. The van der Waals surface area contributed by atoms with E-state index in [0.29, 0.717) is 18.9 Å². The van der Waals surface area contributed by atoms with E-state index in [1.165, 1.54) is 6.07 Å². The summed E-state index contributed by atoms with van der Waals surface area (Å²) >= 11 is 0. The zero-order chi connectivity index (χ0) is 13.7. The van der Waals surface area contributed by atoms with Crippen LogP contribution in [0, 0.1) is 5.82 Å². The molecule has 2 rings (SSSR count). The molecule has 0 aliphatic carbocycles. The van der Waals surface area contributed by atoms with Gasteiger partial charge in [-0.2, -0.15) is 4.98 Å². The molecule has 0 radical (unpaired) electrons. The number of hydrogen-bond donors (Lipinski definition) is 1. The summed E-state index contributed by atoms with van der Waals surface area (Å²) in [4.78, 5) is 15.4. The van der Waals surface area contributed by atoms with Crippen LogP contribution < -0.4 is 5.32 Å². The topological polar surface area (TPSA) is 68.0 Å². The smallest absolute Gasteiger partial charge is 0.227 e. The summed E-state index contributed by atoms with van der Waals surface area (Å²) in [6.45, 7) is 2.43. The van der Waals surface area contributed by atoms with E-state index >= 15 is 0 Å². The lowest BCUT2D eigenvalue weighted by molar-refractivity contribution is -0.121. The number of hydrogen-bond acceptors (Lipinski definition) is 4. The molecule has 1 amide bonds. The third-order valence-electron chi connectivity index (χ3n) is 2.52. The summed E-state index contributed by atoms with van der Waals surface area (Å²) in [5, 5.41) is 6.39. The van der Waals surface area contributed by atoms with E-state index in [4.69, 9.17) is 4.52 Å². The molecule has 1 aromatic carbocycles. The minimum atomic E-state index is -0.404. The molecule has 0 aliphatic heterocycles. The van der Waals surface area contributed by atoms with Crippen LogP contribution >= 0.6 is 0 Å². The molecule has 0 atom stereocenters. The second kappa shape index (κ2) is 6.08. The molecule has 1 N–H and O–H groups in total. The van der Waals surface area contributed by atoms with Crippen LogP contribution in [0.15, 0.2) is 28.8 Å². The number of carbonyl (C=O) groups is 1. The van der Waals surface area contributed by atoms with Gasteiger partial charge in [-0.1, -0.05) is 17.3 Å². The number of amides is 1. The van der Waals surface area contributed by atoms with Gasteiger partial charge < -0.3 is 9.84 Å².